The largest absolute Gasteiger partial charge is 0.378 e. The van der Waals surface area contributed by atoms with Crippen molar-refractivity contribution in [1.29, 1.82) is 10.5 Å². The van der Waals surface area contributed by atoms with Crippen molar-refractivity contribution in [3.63, 3.8) is 0 Å². The third-order valence-corrected chi connectivity index (χ3v) is 3.40. The molecule has 0 bridgehead atoms. The van der Waals surface area contributed by atoms with Gasteiger partial charge in [0.05, 0.1) is 32.0 Å². The van der Waals surface area contributed by atoms with Crippen LogP contribution in [0, 0.1) is 34.6 Å². The minimum atomic E-state index is -0.217. The van der Waals surface area contributed by atoms with E-state index in [9.17, 15) is 0 Å². The van der Waals surface area contributed by atoms with Gasteiger partial charge >= 0.3 is 0 Å². The monoisotopic (exact) mass is 261 g/mol. The number of hydrogen-bond acceptors (Lipinski definition) is 4. The number of nitriles is 2. The molecule has 0 radical (unpaired) electrons. The number of epoxide rings is 1. The lowest BCUT2D eigenvalue weighted by molar-refractivity contribution is 0.0237. The zero-order valence-corrected chi connectivity index (χ0v) is 11.1. The van der Waals surface area contributed by atoms with Crippen LogP contribution in [0.3, 0.4) is 0 Å². The van der Waals surface area contributed by atoms with Crippen molar-refractivity contribution in [2.45, 2.75) is 38.2 Å². The van der Waals surface area contributed by atoms with E-state index in [-0.39, 0.29) is 11.5 Å². The summed E-state index contributed by atoms with van der Waals surface area (Å²) in [4.78, 5) is 3.40. The van der Waals surface area contributed by atoms with E-state index in [1.165, 1.54) is 0 Å². The summed E-state index contributed by atoms with van der Waals surface area (Å²) >= 11 is 0. The molecule has 102 valence electrons. The molecule has 1 saturated heterocycles. The summed E-state index contributed by atoms with van der Waals surface area (Å²) in [5.74, 6) is 0. The van der Waals surface area contributed by atoms with E-state index < -0.39 is 0 Å². The fourth-order valence-corrected chi connectivity index (χ4v) is 2.10. The standard InChI is InChI=1S/C14H19N3O2/c1-17-9-6-14(4-2-7-15,5-3-8-16)12-18-10-13-11-19-13/h13H,2-6,9-12H2. The van der Waals surface area contributed by atoms with Crippen LogP contribution in [0.25, 0.3) is 4.85 Å². The summed E-state index contributed by atoms with van der Waals surface area (Å²) in [5, 5.41) is 17.5. The zero-order valence-electron chi connectivity index (χ0n) is 11.1. The minimum Gasteiger partial charge on any atom is -0.378 e. The van der Waals surface area contributed by atoms with Gasteiger partial charge in [0.25, 0.3) is 0 Å². The molecule has 19 heavy (non-hydrogen) atoms. The molecule has 1 aliphatic rings. The molecule has 0 aromatic carbocycles. The first-order valence-electron chi connectivity index (χ1n) is 6.53. The molecular weight excluding hydrogens is 242 g/mol. The van der Waals surface area contributed by atoms with Gasteiger partial charge in [-0.1, -0.05) is 0 Å². The molecule has 1 atom stereocenters. The first-order valence-corrected chi connectivity index (χ1v) is 6.53. The maximum absolute atomic E-state index is 8.77. The van der Waals surface area contributed by atoms with Crippen molar-refractivity contribution in [3.8, 4) is 12.1 Å². The van der Waals surface area contributed by atoms with E-state index in [0.717, 1.165) is 6.61 Å². The van der Waals surface area contributed by atoms with Gasteiger partial charge in [0.15, 0.2) is 0 Å². The predicted molar refractivity (Wildman–Crippen MR) is 68.8 cm³/mol. The number of ether oxygens (including phenoxy) is 2. The SMILES string of the molecule is [C-]#[N+]CCC(CCC#N)(CCC#N)COCC1CO1. The number of rotatable bonds is 10. The lowest BCUT2D eigenvalue weighted by atomic mass is 9.77. The molecule has 5 nitrogen and oxygen atoms in total. The average molecular weight is 261 g/mol. The van der Waals surface area contributed by atoms with Crippen molar-refractivity contribution >= 4 is 0 Å². The second kappa shape index (κ2) is 8.48. The number of hydrogen-bond donors (Lipinski definition) is 0. The summed E-state index contributed by atoms with van der Waals surface area (Å²) in [6.45, 7) is 9.17. The summed E-state index contributed by atoms with van der Waals surface area (Å²) in [5.41, 5.74) is -0.217. The molecule has 0 spiro atoms. The first kappa shape index (κ1) is 15.4. The fraction of sp³-hybridized carbons (Fsp3) is 0.786. The highest BCUT2D eigenvalue weighted by Gasteiger charge is 2.32. The van der Waals surface area contributed by atoms with Crippen molar-refractivity contribution < 1.29 is 9.47 Å². The van der Waals surface area contributed by atoms with E-state index in [1.54, 1.807) is 0 Å². The van der Waals surface area contributed by atoms with Crippen molar-refractivity contribution in [2.24, 2.45) is 5.41 Å². The molecule has 0 aromatic heterocycles. The van der Waals surface area contributed by atoms with Crippen molar-refractivity contribution in [3.05, 3.63) is 11.4 Å². The first-order chi connectivity index (χ1) is 9.26. The molecule has 1 unspecified atom stereocenters. The maximum atomic E-state index is 8.77. The van der Waals surface area contributed by atoms with E-state index in [0.29, 0.717) is 51.9 Å². The van der Waals surface area contributed by atoms with E-state index in [4.69, 9.17) is 26.6 Å². The van der Waals surface area contributed by atoms with Crippen molar-refractivity contribution in [2.75, 3.05) is 26.4 Å². The zero-order chi connectivity index (χ0) is 14.0. The molecule has 1 heterocycles. The van der Waals surface area contributed by atoms with Gasteiger partial charge in [0.2, 0.25) is 6.54 Å². The Morgan fingerprint density at radius 1 is 1.26 bits per heavy atom. The second-order valence-electron chi connectivity index (χ2n) is 4.92. The Kier molecular flexibility index (Phi) is 6.90. The van der Waals surface area contributed by atoms with E-state index in [2.05, 4.69) is 17.0 Å². The smallest absolute Gasteiger partial charge is 0.215 e. The van der Waals surface area contributed by atoms with Crippen LogP contribution in [0.2, 0.25) is 0 Å². The molecule has 0 aliphatic carbocycles. The number of nitrogens with zero attached hydrogens (tertiary/aromatic N) is 3. The molecule has 0 amide bonds. The molecule has 1 rings (SSSR count). The Morgan fingerprint density at radius 2 is 1.89 bits per heavy atom. The molecular formula is C14H19N3O2. The van der Waals surface area contributed by atoms with Crippen LogP contribution in [-0.4, -0.2) is 32.5 Å². The van der Waals surface area contributed by atoms with Crippen LogP contribution < -0.4 is 0 Å². The molecule has 1 fully saturated rings. The van der Waals surface area contributed by atoms with Crippen LogP contribution in [0.5, 0.6) is 0 Å². The Morgan fingerprint density at radius 3 is 2.37 bits per heavy atom. The van der Waals surface area contributed by atoms with Crippen LogP contribution in [0.1, 0.15) is 32.1 Å². The molecule has 0 N–H and O–H groups in total. The Balaban J connectivity index is 2.54. The third kappa shape index (κ3) is 6.20. The van der Waals surface area contributed by atoms with E-state index >= 15 is 0 Å². The van der Waals surface area contributed by atoms with Crippen molar-refractivity contribution in [1.82, 2.24) is 0 Å². The Hall–Kier alpha value is -1.61. The quantitative estimate of drug-likeness (QED) is 0.447. The lowest BCUT2D eigenvalue weighted by Gasteiger charge is -2.30. The van der Waals surface area contributed by atoms with Gasteiger partial charge in [-0.25, -0.2) is 6.57 Å². The lowest BCUT2D eigenvalue weighted by Crippen LogP contribution is -2.29. The van der Waals surface area contributed by atoms with Gasteiger partial charge in [0, 0.05) is 24.7 Å². The molecule has 5 heteroatoms. The maximum Gasteiger partial charge on any atom is 0.215 e. The summed E-state index contributed by atoms with van der Waals surface area (Å²) in [6.07, 6.45) is 3.15. The van der Waals surface area contributed by atoms with Gasteiger partial charge in [-0.2, -0.15) is 10.5 Å². The molecule has 0 aromatic rings. The topological polar surface area (TPSA) is 73.7 Å². The normalized spacial score (nSPS) is 17.2. The average Bonchev–Trinajstić information content (AvgIpc) is 3.24. The molecule has 1 aliphatic heterocycles. The second-order valence-corrected chi connectivity index (χ2v) is 4.92. The Bertz CT molecular complexity index is 339. The predicted octanol–water partition coefficient (Wildman–Crippen LogP) is 2.31. The molecule has 0 saturated carbocycles. The van der Waals surface area contributed by atoms with E-state index in [1.807, 2.05) is 0 Å². The minimum absolute atomic E-state index is 0.213. The van der Waals surface area contributed by atoms with Gasteiger partial charge in [-0.15, -0.1) is 0 Å². The highest BCUT2D eigenvalue weighted by molar-refractivity contribution is 4.89. The highest BCUT2D eigenvalue weighted by atomic mass is 16.6. The summed E-state index contributed by atoms with van der Waals surface area (Å²) in [7, 11) is 0. The highest BCUT2D eigenvalue weighted by Crippen LogP contribution is 2.34. The van der Waals surface area contributed by atoms with Crippen LogP contribution >= 0.6 is 0 Å². The van der Waals surface area contributed by atoms with Gasteiger partial charge < -0.3 is 14.3 Å². The van der Waals surface area contributed by atoms with Crippen LogP contribution in [-0.2, 0) is 9.47 Å². The van der Waals surface area contributed by atoms with Gasteiger partial charge in [0.1, 0.15) is 6.10 Å². The summed E-state index contributed by atoms with van der Waals surface area (Å²) < 4.78 is 10.8. The fourth-order valence-electron chi connectivity index (χ4n) is 2.10. The van der Waals surface area contributed by atoms with Crippen LogP contribution in [0.15, 0.2) is 0 Å². The third-order valence-electron chi connectivity index (χ3n) is 3.40. The van der Waals surface area contributed by atoms with Gasteiger partial charge in [-0.05, 0) is 12.8 Å². The Labute approximate surface area is 114 Å². The summed E-state index contributed by atoms with van der Waals surface area (Å²) in [6, 6.07) is 4.29. The van der Waals surface area contributed by atoms with Crippen LogP contribution in [0.4, 0.5) is 0 Å². The van der Waals surface area contributed by atoms with Gasteiger partial charge in [-0.3, -0.25) is 0 Å².